The van der Waals surface area contributed by atoms with Crippen molar-refractivity contribution in [3.05, 3.63) is 53.3 Å². The van der Waals surface area contributed by atoms with Crippen LogP contribution in [0.5, 0.6) is 0 Å². The number of nitrogens with zero attached hydrogens (tertiary/aromatic N) is 2. The Hall–Kier alpha value is -2.14. The van der Waals surface area contributed by atoms with Crippen molar-refractivity contribution < 1.29 is 9.53 Å². The number of carbonyl (C=O) groups excluding carboxylic acids is 1. The molecule has 1 N–H and O–H groups in total. The van der Waals surface area contributed by atoms with Crippen molar-refractivity contribution >= 4 is 5.91 Å². The van der Waals surface area contributed by atoms with Gasteiger partial charge < -0.3 is 10.1 Å². The van der Waals surface area contributed by atoms with Crippen molar-refractivity contribution in [2.45, 2.75) is 33.1 Å². The van der Waals surface area contributed by atoms with Crippen LogP contribution in [0.25, 0.3) is 0 Å². The number of aromatic nitrogens is 2. The van der Waals surface area contributed by atoms with Crippen LogP contribution >= 0.6 is 0 Å². The molecule has 5 heteroatoms. The Morgan fingerprint density at radius 1 is 1.33 bits per heavy atom. The van der Waals surface area contributed by atoms with E-state index in [2.05, 4.69) is 10.4 Å². The fourth-order valence-corrected chi connectivity index (χ4v) is 1.94. The number of rotatable bonds is 6. The molecule has 0 aliphatic rings. The molecular formula is C16H21N3O2. The zero-order chi connectivity index (χ0) is 15.2. The topological polar surface area (TPSA) is 56.1 Å². The molecule has 2 rings (SSSR count). The van der Waals surface area contributed by atoms with Gasteiger partial charge in [0.05, 0.1) is 24.5 Å². The summed E-state index contributed by atoms with van der Waals surface area (Å²) in [6.45, 7) is 5.04. The zero-order valence-corrected chi connectivity index (χ0v) is 12.7. The second-order valence-corrected chi connectivity index (χ2v) is 5.21. The van der Waals surface area contributed by atoms with Crippen molar-refractivity contribution in [1.29, 1.82) is 0 Å². The van der Waals surface area contributed by atoms with E-state index < -0.39 is 0 Å². The Morgan fingerprint density at radius 3 is 2.67 bits per heavy atom. The van der Waals surface area contributed by atoms with Crippen molar-refractivity contribution in [2.75, 3.05) is 0 Å². The van der Waals surface area contributed by atoms with Gasteiger partial charge in [0.2, 0.25) is 0 Å². The molecule has 2 aromatic rings. The summed E-state index contributed by atoms with van der Waals surface area (Å²) in [6.07, 6.45) is 3.44. The van der Waals surface area contributed by atoms with Gasteiger partial charge in [0.1, 0.15) is 0 Å². The number of benzene rings is 1. The summed E-state index contributed by atoms with van der Waals surface area (Å²) < 4.78 is 7.25. The number of ether oxygens (including phenoxy) is 1. The zero-order valence-electron chi connectivity index (χ0n) is 12.7. The Kier molecular flexibility index (Phi) is 5.11. The molecular weight excluding hydrogens is 266 g/mol. The van der Waals surface area contributed by atoms with Crippen LogP contribution in [0.1, 0.15) is 35.3 Å². The molecule has 0 aliphatic heterocycles. The summed E-state index contributed by atoms with van der Waals surface area (Å²) in [5.41, 5.74) is 2.72. The lowest BCUT2D eigenvalue weighted by molar-refractivity contribution is 0.0651. The van der Waals surface area contributed by atoms with Gasteiger partial charge in [-0.1, -0.05) is 24.3 Å². The van der Waals surface area contributed by atoms with E-state index in [4.69, 9.17) is 4.74 Å². The van der Waals surface area contributed by atoms with Gasteiger partial charge in [0.25, 0.3) is 5.91 Å². The standard InChI is InChI=1S/C16H21N3O2/c1-12(2)21-11-14-7-5-4-6-13(14)8-17-16(20)15-9-18-19(3)10-15/h4-7,9-10,12H,8,11H2,1-3H3,(H,17,20). The predicted molar refractivity (Wildman–Crippen MR) is 80.7 cm³/mol. The van der Waals surface area contributed by atoms with Crippen LogP contribution in [-0.4, -0.2) is 21.8 Å². The molecule has 0 unspecified atom stereocenters. The number of hydrogen-bond acceptors (Lipinski definition) is 3. The summed E-state index contributed by atoms with van der Waals surface area (Å²) in [6, 6.07) is 7.96. The van der Waals surface area contributed by atoms with Gasteiger partial charge in [0, 0.05) is 19.8 Å². The molecule has 1 amide bonds. The maximum atomic E-state index is 12.0. The smallest absolute Gasteiger partial charge is 0.254 e. The van der Waals surface area contributed by atoms with E-state index in [-0.39, 0.29) is 12.0 Å². The van der Waals surface area contributed by atoms with Crippen LogP contribution in [0, 0.1) is 0 Å². The van der Waals surface area contributed by atoms with E-state index in [9.17, 15) is 4.79 Å². The molecule has 0 spiro atoms. The molecule has 0 saturated carbocycles. The first kappa shape index (κ1) is 15.3. The SMILES string of the molecule is CC(C)OCc1ccccc1CNC(=O)c1cnn(C)c1. The van der Waals surface area contributed by atoms with Crippen LogP contribution in [0.15, 0.2) is 36.7 Å². The van der Waals surface area contributed by atoms with Gasteiger partial charge in [-0.2, -0.15) is 5.10 Å². The molecule has 0 bridgehead atoms. The van der Waals surface area contributed by atoms with Gasteiger partial charge in [-0.15, -0.1) is 0 Å². The molecule has 0 aliphatic carbocycles. The summed E-state index contributed by atoms with van der Waals surface area (Å²) in [4.78, 5) is 12.0. The minimum absolute atomic E-state index is 0.123. The van der Waals surface area contributed by atoms with E-state index in [1.54, 1.807) is 24.1 Å². The summed E-state index contributed by atoms with van der Waals surface area (Å²) in [5.74, 6) is -0.123. The number of carbonyl (C=O) groups is 1. The first-order valence-electron chi connectivity index (χ1n) is 7.01. The van der Waals surface area contributed by atoms with Crippen molar-refractivity contribution in [3.63, 3.8) is 0 Å². The lowest BCUT2D eigenvalue weighted by atomic mass is 10.1. The molecule has 112 valence electrons. The van der Waals surface area contributed by atoms with Crippen molar-refractivity contribution in [2.24, 2.45) is 7.05 Å². The minimum atomic E-state index is -0.123. The van der Waals surface area contributed by atoms with Crippen molar-refractivity contribution in [1.82, 2.24) is 15.1 Å². The average Bonchev–Trinajstić information content (AvgIpc) is 2.90. The normalized spacial score (nSPS) is 10.9. The summed E-state index contributed by atoms with van der Waals surface area (Å²) >= 11 is 0. The maximum absolute atomic E-state index is 12.0. The molecule has 1 aromatic heterocycles. The number of amides is 1. The first-order valence-corrected chi connectivity index (χ1v) is 7.01. The van der Waals surface area contributed by atoms with E-state index in [1.807, 2.05) is 38.1 Å². The fraction of sp³-hybridized carbons (Fsp3) is 0.375. The quantitative estimate of drug-likeness (QED) is 0.886. The highest BCUT2D eigenvalue weighted by molar-refractivity contribution is 5.93. The van der Waals surface area contributed by atoms with Gasteiger partial charge in [-0.05, 0) is 25.0 Å². The molecule has 0 saturated heterocycles. The Bertz CT molecular complexity index is 605. The molecule has 0 atom stereocenters. The van der Waals surface area contributed by atoms with Crippen LogP contribution in [-0.2, 0) is 24.9 Å². The Labute approximate surface area is 124 Å². The highest BCUT2D eigenvalue weighted by Gasteiger charge is 2.09. The minimum Gasteiger partial charge on any atom is -0.374 e. The Balaban J connectivity index is 1.98. The van der Waals surface area contributed by atoms with E-state index in [0.29, 0.717) is 18.7 Å². The second kappa shape index (κ2) is 7.04. The lowest BCUT2D eigenvalue weighted by Gasteiger charge is -2.12. The van der Waals surface area contributed by atoms with Crippen LogP contribution in [0.2, 0.25) is 0 Å². The predicted octanol–water partition coefficient (Wildman–Crippen LogP) is 2.28. The molecule has 5 nitrogen and oxygen atoms in total. The van der Waals surface area contributed by atoms with Crippen LogP contribution in [0.3, 0.4) is 0 Å². The third-order valence-electron chi connectivity index (χ3n) is 3.10. The number of nitrogens with one attached hydrogen (secondary N) is 1. The second-order valence-electron chi connectivity index (χ2n) is 5.21. The molecule has 1 heterocycles. The van der Waals surface area contributed by atoms with Crippen molar-refractivity contribution in [3.8, 4) is 0 Å². The third kappa shape index (κ3) is 4.43. The molecule has 0 fully saturated rings. The monoisotopic (exact) mass is 287 g/mol. The highest BCUT2D eigenvalue weighted by atomic mass is 16.5. The molecule has 1 aromatic carbocycles. The first-order chi connectivity index (χ1) is 10.1. The fourth-order valence-electron chi connectivity index (χ4n) is 1.94. The lowest BCUT2D eigenvalue weighted by Crippen LogP contribution is -2.23. The van der Waals surface area contributed by atoms with E-state index in [0.717, 1.165) is 11.1 Å². The third-order valence-corrected chi connectivity index (χ3v) is 3.10. The summed E-state index contributed by atoms with van der Waals surface area (Å²) in [5, 5.41) is 6.90. The van der Waals surface area contributed by atoms with Crippen LogP contribution in [0.4, 0.5) is 0 Å². The summed E-state index contributed by atoms with van der Waals surface area (Å²) in [7, 11) is 1.79. The van der Waals surface area contributed by atoms with E-state index in [1.165, 1.54) is 0 Å². The van der Waals surface area contributed by atoms with Gasteiger partial charge in [-0.25, -0.2) is 0 Å². The average molecular weight is 287 g/mol. The van der Waals surface area contributed by atoms with Crippen LogP contribution < -0.4 is 5.32 Å². The molecule has 21 heavy (non-hydrogen) atoms. The van der Waals surface area contributed by atoms with Gasteiger partial charge in [-0.3, -0.25) is 9.48 Å². The van der Waals surface area contributed by atoms with E-state index >= 15 is 0 Å². The maximum Gasteiger partial charge on any atom is 0.254 e. The van der Waals surface area contributed by atoms with Gasteiger partial charge in [0.15, 0.2) is 0 Å². The molecule has 0 radical (unpaired) electrons. The largest absolute Gasteiger partial charge is 0.374 e. The number of aryl methyl sites for hydroxylation is 1. The number of hydrogen-bond donors (Lipinski definition) is 1. The highest BCUT2D eigenvalue weighted by Crippen LogP contribution is 2.11. The Morgan fingerprint density at radius 2 is 2.05 bits per heavy atom. The van der Waals surface area contributed by atoms with Gasteiger partial charge >= 0.3 is 0 Å².